The van der Waals surface area contributed by atoms with Gasteiger partial charge in [-0.1, -0.05) is 23.7 Å². The number of hydrogen-bond acceptors (Lipinski definition) is 6. The van der Waals surface area contributed by atoms with E-state index in [0.717, 1.165) is 24.6 Å². The highest BCUT2D eigenvalue weighted by molar-refractivity contribution is 6.33. The van der Waals surface area contributed by atoms with E-state index >= 15 is 0 Å². The number of amides is 2. The molecule has 2 aliphatic rings. The van der Waals surface area contributed by atoms with E-state index in [1.807, 2.05) is 28.0 Å². The Kier molecular flexibility index (Phi) is 7.25. The second kappa shape index (κ2) is 10.6. The Labute approximate surface area is 226 Å². The summed E-state index contributed by atoms with van der Waals surface area (Å²) in [5, 5.41) is 1.24. The lowest BCUT2D eigenvalue weighted by atomic mass is 9.77. The molecule has 0 unspecified atom stereocenters. The molecule has 0 bridgehead atoms. The van der Waals surface area contributed by atoms with Crippen LogP contribution in [-0.4, -0.2) is 69.1 Å². The van der Waals surface area contributed by atoms with Crippen molar-refractivity contribution in [2.24, 2.45) is 5.41 Å². The highest BCUT2D eigenvalue weighted by Gasteiger charge is 2.42. The van der Waals surface area contributed by atoms with Gasteiger partial charge in [-0.2, -0.15) is 0 Å². The number of para-hydroxylation sites is 1. The second-order valence-corrected chi connectivity index (χ2v) is 10.2. The zero-order chi connectivity index (χ0) is 26.9. The van der Waals surface area contributed by atoms with Gasteiger partial charge in [0.05, 0.1) is 26.4 Å². The lowest BCUT2D eigenvalue weighted by Gasteiger charge is -2.38. The zero-order valence-corrected chi connectivity index (χ0v) is 22.5. The molecule has 9 heteroatoms. The molecule has 3 aromatic rings. The average Bonchev–Trinajstić information content (AvgIpc) is 3.57. The van der Waals surface area contributed by atoms with Crippen LogP contribution in [0.5, 0.6) is 17.2 Å². The van der Waals surface area contributed by atoms with Crippen LogP contribution in [0.1, 0.15) is 35.4 Å². The minimum Gasteiger partial charge on any atom is -0.493 e. The summed E-state index contributed by atoms with van der Waals surface area (Å²) in [6, 6.07) is 10.9. The Morgan fingerprint density at radius 1 is 0.947 bits per heavy atom. The van der Waals surface area contributed by atoms with Gasteiger partial charge in [0.2, 0.25) is 5.91 Å². The molecule has 2 saturated heterocycles. The fourth-order valence-corrected chi connectivity index (χ4v) is 5.77. The van der Waals surface area contributed by atoms with Crippen LogP contribution in [0, 0.1) is 5.41 Å². The fraction of sp³-hybridized carbons (Fsp3) is 0.379. The summed E-state index contributed by atoms with van der Waals surface area (Å²) in [6.45, 7) is 2.64. The summed E-state index contributed by atoms with van der Waals surface area (Å²) >= 11 is 6.45. The third kappa shape index (κ3) is 4.80. The molecule has 200 valence electrons. The molecule has 2 fully saturated rings. The molecule has 0 radical (unpaired) electrons. The van der Waals surface area contributed by atoms with Crippen molar-refractivity contribution in [3.8, 4) is 17.2 Å². The van der Waals surface area contributed by atoms with Crippen LogP contribution in [-0.2, 0) is 4.79 Å². The molecule has 2 aromatic carbocycles. The zero-order valence-electron chi connectivity index (χ0n) is 21.8. The number of hydrogen-bond donors (Lipinski definition) is 0. The Morgan fingerprint density at radius 2 is 1.66 bits per heavy atom. The molecule has 5 rings (SSSR count). The monoisotopic (exact) mass is 538 g/mol. The van der Waals surface area contributed by atoms with E-state index in [1.54, 1.807) is 44.6 Å². The van der Waals surface area contributed by atoms with Gasteiger partial charge in [-0.3, -0.25) is 9.59 Å². The summed E-state index contributed by atoms with van der Waals surface area (Å²) < 4.78 is 21.8. The minimum atomic E-state index is -0.112. The Hall–Kier alpha value is -3.65. The van der Waals surface area contributed by atoms with Gasteiger partial charge in [0.15, 0.2) is 28.6 Å². The third-order valence-corrected chi connectivity index (χ3v) is 8.11. The van der Waals surface area contributed by atoms with Crippen molar-refractivity contribution in [1.29, 1.82) is 0 Å². The normalized spacial score (nSPS) is 16.9. The Balaban J connectivity index is 1.20. The number of ether oxygens (including phenoxy) is 3. The molecule has 0 saturated carbocycles. The van der Waals surface area contributed by atoms with Crippen molar-refractivity contribution >= 4 is 40.5 Å². The highest BCUT2D eigenvalue weighted by Crippen LogP contribution is 2.41. The summed E-state index contributed by atoms with van der Waals surface area (Å²) in [5.74, 6) is 1.74. The van der Waals surface area contributed by atoms with Crippen LogP contribution in [0.25, 0.3) is 17.0 Å². The van der Waals surface area contributed by atoms with Crippen LogP contribution in [0.3, 0.4) is 0 Å². The van der Waals surface area contributed by atoms with Crippen LogP contribution in [0.15, 0.2) is 46.9 Å². The van der Waals surface area contributed by atoms with Crippen LogP contribution in [0.4, 0.5) is 0 Å². The minimum absolute atomic E-state index is 0.0261. The number of likely N-dealkylation sites (tertiary alicyclic amines) is 2. The van der Waals surface area contributed by atoms with E-state index in [2.05, 4.69) is 0 Å². The number of halogens is 1. The maximum atomic E-state index is 13.2. The van der Waals surface area contributed by atoms with Gasteiger partial charge in [0.1, 0.15) is 0 Å². The first-order chi connectivity index (χ1) is 18.4. The number of carbonyl (C=O) groups is 2. The van der Waals surface area contributed by atoms with Crippen molar-refractivity contribution in [2.45, 2.75) is 19.3 Å². The fourth-order valence-electron chi connectivity index (χ4n) is 5.47. The maximum absolute atomic E-state index is 13.2. The van der Waals surface area contributed by atoms with Gasteiger partial charge >= 0.3 is 0 Å². The summed E-state index contributed by atoms with van der Waals surface area (Å²) in [6.07, 6.45) is 5.88. The number of piperidine rings is 1. The molecule has 1 aromatic heterocycles. The van der Waals surface area contributed by atoms with E-state index in [4.69, 9.17) is 30.2 Å². The van der Waals surface area contributed by atoms with Gasteiger partial charge in [-0.15, -0.1) is 0 Å². The molecular formula is C29H31ClN2O6. The van der Waals surface area contributed by atoms with Gasteiger partial charge < -0.3 is 28.4 Å². The molecule has 38 heavy (non-hydrogen) atoms. The quantitative estimate of drug-likeness (QED) is 0.397. The molecule has 3 heterocycles. The van der Waals surface area contributed by atoms with Crippen molar-refractivity contribution in [1.82, 2.24) is 9.80 Å². The van der Waals surface area contributed by atoms with E-state index in [1.165, 1.54) is 7.11 Å². The van der Waals surface area contributed by atoms with Crippen molar-refractivity contribution in [3.63, 3.8) is 0 Å². The summed E-state index contributed by atoms with van der Waals surface area (Å²) in [7, 11) is 4.66. The number of methoxy groups -OCH3 is 3. The van der Waals surface area contributed by atoms with Gasteiger partial charge in [0.25, 0.3) is 5.91 Å². The number of nitrogens with zero attached hydrogens (tertiary/aromatic N) is 2. The van der Waals surface area contributed by atoms with Crippen LogP contribution in [0.2, 0.25) is 5.02 Å². The predicted octanol–water partition coefficient (Wildman–Crippen LogP) is 5.28. The average molecular weight is 539 g/mol. The number of benzene rings is 2. The number of fused-ring (bicyclic) bond motifs is 1. The highest BCUT2D eigenvalue weighted by atomic mass is 35.5. The molecule has 1 spiro atoms. The largest absolute Gasteiger partial charge is 0.493 e. The SMILES string of the molecule is COc1ccc(C=CC(=O)N2CCC3(CCN(C(=O)c4cc5cccc(OC)c5o4)CC3)C2)c(Cl)c1OC. The lowest BCUT2D eigenvalue weighted by molar-refractivity contribution is -0.125. The van der Waals surface area contributed by atoms with Crippen LogP contribution >= 0.6 is 11.6 Å². The smallest absolute Gasteiger partial charge is 0.289 e. The first-order valence-electron chi connectivity index (χ1n) is 12.6. The standard InChI is InChI=1S/C29H31ClN2O6/c1-35-21-6-4-5-20-17-23(38-26(20)21)28(34)31-14-11-29(12-15-31)13-16-32(18-29)24(33)10-8-19-7-9-22(36-2)27(37-3)25(19)30/h4-10,17H,11-16,18H2,1-3H3. The number of furan rings is 1. The summed E-state index contributed by atoms with van der Waals surface area (Å²) in [4.78, 5) is 29.9. The first-order valence-corrected chi connectivity index (χ1v) is 13.0. The van der Waals surface area contributed by atoms with Crippen molar-refractivity contribution < 1.29 is 28.2 Å². The van der Waals surface area contributed by atoms with E-state index < -0.39 is 0 Å². The van der Waals surface area contributed by atoms with Crippen LogP contribution < -0.4 is 14.2 Å². The van der Waals surface area contributed by atoms with Crippen molar-refractivity contribution in [2.75, 3.05) is 47.5 Å². The molecule has 0 aliphatic carbocycles. The predicted molar refractivity (Wildman–Crippen MR) is 145 cm³/mol. The molecule has 8 nitrogen and oxygen atoms in total. The Morgan fingerprint density at radius 3 is 2.34 bits per heavy atom. The van der Waals surface area contributed by atoms with E-state index in [0.29, 0.717) is 65.4 Å². The molecule has 0 atom stereocenters. The van der Waals surface area contributed by atoms with Gasteiger partial charge in [-0.25, -0.2) is 0 Å². The maximum Gasteiger partial charge on any atom is 0.289 e. The van der Waals surface area contributed by atoms with E-state index in [9.17, 15) is 9.59 Å². The molecule has 0 N–H and O–H groups in total. The number of rotatable bonds is 6. The van der Waals surface area contributed by atoms with Crippen molar-refractivity contribution in [3.05, 3.63) is 58.8 Å². The number of carbonyl (C=O) groups excluding carboxylic acids is 2. The lowest BCUT2D eigenvalue weighted by Crippen LogP contribution is -2.44. The molecule has 2 aliphatic heterocycles. The molecular weight excluding hydrogens is 508 g/mol. The van der Waals surface area contributed by atoms with E-state index in [-0.39, 0.29) is 17.2 Å². The Bertz CT molecular complexity index is 1390. The topological polar surface area (TPSA) is 81.5 Å². The first kappa shape index (κ1) is 26.0. The molecule has 2 amide bonds. The van der Waals surface area contributed by atoms with Gasteiger partial charge in [-0.05, 0) is 60.6 Å². The summed E-state index contributed by atoms with van der Waals surface area (Å²) in [5.41, 5.74) is 1.29. The third-order valence-electron chi connectivity index (χ3n) is 7.72. The second-order valence-electron chi connectivity index (χ2n) is 9.83. The van der Waals surface area contributed by atoms with Gasteiger partial charge in [0, 0.05) is 37.6 Å².